The van der Waals surface area contributed by atoms with Crippen molar-refractivity contribution in [3.63, 3.8) is 0 Å². The number of hydrogen-bond donors (Lipinski definition) is 0. The number of para-hydroxylation sites is 2. The predicted molar refractivity (Wildman–Crippen MR) is 242 cm³/mol. The highest BCUT2D eigenvalue weighted by atomic mass is 19.4. The summed E-state index contributed by atoms with van der Waals surface area (Å²) in [5.41, 5.74) is 7.93. The molecule has 0 radical (unpaired) electrons. The molecule has 0 bridgehead atoms. The fourth-order valence-corrected chi connectivity index (χ4v) is 8.84. The van der Waals surface area contributed by atoms with E-state index in [1.165, 1.54) is 24.3 Å². The molecule has 3 aromatic heterocycles. The lowest BCUT2D eigenvalue weighted by atomic mass is 9.99. The maximum atomic E-state index is 14.2. The van der Waals surface area contributed by atoms with E-state index in [-0.39, 0.29) is 0 Å². The van der Waals surface area contributed by atoms with Crippen LogP contribution in [0.4, 0.5) is 26.3 Å². The molecular formula is C54H32F6N4. The Morgan fingerprint density at radius 1 is 0.344 bits per heavy atom. The minimum absolute atomic E-state index is 0.448. The number of hydrogen-bond acceptors (Lipinski definition) is 2. The van der Waals surface area contributed by atoms with Crippen molar-refractivity contribution in [1.82, 2.24) is 19.1 Å². The standard InChI is InChI=1S/C54H32F6N4/c55-53(56,57)37-23-26-50-43(30-37)40-18-7-9-20-47(40)63(50)39-17-11-16-35(28-39)42-29-36(52-61-45(33-12-3-1-4-13-33)32-46(62-52)34-14-5-2-6-15-34)22-25-49(42)64-48-21-10-8-19-41(48)44-31-38(54(58,59)60)24-27-51(44)64/h1-32H. The van der Waals surface area contributed by atoms with Crippen LogP contribution in [-0.4, -0.2) is 19.1 Å². The summed E-state index contributed by atoms with van der Waals surface area (Å²) in [5.74, 6) is 0.462. The minimum atomic E-state index is -4.54. The summed E-state index contributed by atoms with van der Waals surface area (Å²) in [7, 11) is 0. The van der Waals surface area contributed by atoms with Crippen molar-refractivity contribution in [3.05, 3.63) is 205 Å². The Labute approximate surface area is 362 Å². The van der Waals surface area contributed by atoms with Gasteiger partial charge in [-0.2, -0.15) is 26.3 Å². The third kappa shape index (κ3) is 6.66. The van der Waals surface area contributed by atoms with Crippen LogP contribution in [0.25, 0.3) is 100 Å². The van der Waals surface area contributed by atoms with Gasteiger partial charge in [-0.1, -0.05) is 109 Å². The molecule has 0 N–H and O–H groups in total. The Balaban J connectivity index is 1.18. The average Bonchev–Trinajstić information content (AvgIpc) is 3.83. The van der Waals surface area contributed by atoms with E-state index < -0.39 is 23.5 Å². The van der Waals surface area contributed by atoms with E-state index in [4.69, 9.17) is 9.97 Å². The Morgan fingerprint density at radius 3 is 1.39 bits per heavy atom. The number of alkyl halides is 6. The zero-order valence-corrected chi connectivity index (χ0v) is 33.5. The van der Waals surface area contributed by atoms with Gasteiger partial charge in [0.15, 0.2) is 5.82 Å². The zero-order chi connectivity index (χ0) is 43.7. The Hall–Kier alpha value is -7.98. The molecule has 0 saturated carbocycles. The fourth-order valence-electron chi connectivity index (χ4n) is 8.84. The zero-order valence-electron chi connectivity index (χ0n) is 33.5. The lowest BCUT2D eigenvalue weighted by molar-refractivity contribution is -0.138. The van der Waals surface area contributed by atoms with Gasteiger partial charge in [-0.05, 0) is 90.5 Å². The van der Waals surface area contributed by atoms with E-state index in [1.54, 1.807) is 0 Å². The molecule has 8 aromatic carbocycles. The summed E-state index contributed by atoms with van der Waals surface area (Å²) in [5, 5.41) is 2.24. The molecule has 0 atom stereocenters. The average molecular weight is 851 g/mol. The Kier molecular flexibility index (Phi) is 9.02. The molecule has 0 aliphatic carbocycles. The summed E-state index contributed by atoms with van der Waals surface area (Å²) in [6.45, 7) is 0. The Morgan fingerprint density at radius 2 is 0.828 bits per heavy atom. The summed E-state index contributed by atoms with van der Waals surface area (Å²) < 4.78 is 88.5. The van der Waals surface area contributed by atoms with Gasteiger partial charge in [0.05, 0.1) is 50.3 Å². The van der Waals surface area contributed by atoms with Crippen LogP contribution in [-0.2, 0) is 12.4 Å². The number of rotatable bonds is 6. The van der Waals surface area contributed by atoms with Gasteiger partial charge < -0.3 is 9.13 Å². The molecule has 3 heterocycles. The topological polar surface area (TPSA) is 35.6 Å². The highest BCUT2D eigenvalue weighted by molar-refractivity contribution is 6.11. The first kappa shape index (κ1) is 38.9. The van der Waals surface area contributed by atoms with Crippen molar-refractivity contribution in [2.75, 3.05) is 0 Å². The Bertz CT molecular complexity index is 3530. The number of aromatic nitrogens is 4. The van der Waals surface area contributed by atoms with E-state index in [2.05, 4.69) is 0 Å². The van der Waals surface area contributed by atoms with E-state index >= 15 is 0 Å². The highest BCUT2D eigenvalue weighted by Gasteiger charge is 2.32. The lowest BCUT2D eigenvalue weighted by Crippen LogP contribution is -2.04. The number of fused-ring (bicyclic) bond motifs is 6. The van der Waals surface area contributed by atoms with Gasteiger partial charge in [0.25, 0.3) is 0 Å². The van der Waals surface area contributed by atoms with E-state index in [0.29, 0.717) is 60.9 Å². The van der Waals surface area contributed by atoms with Gasteiger partial charge in [-0.3, -0.25) is 0 Å². The van der Waals surface area contributed by atoms with Gasteiger partial charge in [-0.15, -0.1) is 0 Å². The fraction of sp³-hybridized carbons (Fsp3) is 0.0370. The van der Waals surface area contributed by atoms with Crippen LogP contribution in [0.2, 0.25) is 0 Å². The van der Waals surface area contributed by atoms with Gasteiger partial charge in [0.1, 0.15) is 0 Å². The largest absolute Gasteiger partial charge is 0.416 e. The minimum Gasteiger partial charge on any atom is -0.309 e. The van der Waals surface area contributed by atoms with Crippen molar-refractivity contribution in [3.8, 4) is 56.4 Å². The maximum Gasteiger partial charge on any atom is 0.416 e. The summed E-state index contributed by atoms with van der Waals surface area (Å²) in [6, 6.07) is 57.6. The molecular weight excluding hydrogens is 819 g/mol. The first-order valence-corrected chi connectivity index (χ1v) is 20.5. The van der Waals surface area contributed by atoms with Gasteiger partial charge in [0.2, 0.25) is 0 Å². The second-order valence-corrected chi connectivity index (χ2v) is 15.6. The van der Waals surface area contributed by atoms with Crippen LogP contribution in [0.3, 0.4) is 0 Å². The third-order valence-electron chi connectivity index (χ3n) is 11.8. The SMILES string of the molecule is FC(F)(F)c1ccc2c(c1)c1ccccc1n2-c1cccc(-c2cc(-c3nc(-c4ccccc4)cc(-c4ccccc4)n3)ccc2-n2c3ccccc3c3cc(C(F)(F)F)ccc32)c1. The third-order valence-corrected chi connectivity index (χ3v) is 11.8. The smallest absolute Gasteiger partial charge is 0.309 e. The molecule has 10 heteroatoms. The summed E-state index contributed by atoms with van der Waals surface area (Å²) >= 11 is 0. The van der Waals surface area contributed by atoms with Crippen LogP contribution in [0.1, 0.15) is 11.1 Å². The predicted octanol–water partition coefficient (Wildman–Crippen LogP) is 15.4. The number of nitrogens with zero attached hydrogens (tertiary/aromatic N) is 4. The second kappa shape index (κ2) is 14.8. The van der Waals surface area contributed by atoms with Crippen molar-refractivity contribution >= 4 is 43.6 Å². The molecule has 0 saturated heterocycles. The van der Waals surface area contributed by atoms with Crippen LogP contribution in [0.5, 0.6) is 0 Å². The van der Waals surface area contributed by atoms with Crippen molar-refractivity contribution in [1.29, 1.82) is 0 Å². The molecule has 11 aromatic rings. The van der Waals surface area contributed by atoms with Crippen LogP contribution in [0.15, 0.2) is 194 Å². The van der Waals surface area contributed by atoms with Crippen LogP contribution >= 0.6 is 0 Å². The molecule has 0 unspecified atom stereocenters. The molecule has 0 fully saturated rings. The summed E-state index contributed by atoms with van der Waals surface area (Å²) in [6.07, 6.45) is -9.06. The van der Waals surface area contributed by atoms with Crippen LogP contribution < -0.4 is 0 Å². The molecule has 0 aliphatic rings. The maximum absolute atomic E-state index is 14.2. The van der Waals surface area contributed by atoms with Gasteiger partial charge >= 0.3 is 12.4 Å². The monoisotopic (exact) mass is 850 g/mol. The first-order valence-electron chi connectivity index (χ1n) is 20.5. The molecule has 0 spiro atoms. The van der Waals surface area contributed by atoms with E-state index in [1.807, 2.05) is 167 Å². The number of halogens is 6. The van der Waals surface area contributed by atoms with Gasteiger partial charge in [0, 0.05) is 49.5 Å². The molecule has 11 rings (SSSR count). The van der Waals surface area contributed by atoms with E-state index in [0.717, 1.165) is 51.3 Å². The molecule has 4 nitrogen and oxygen atoms in total. The molecule has 0 amide bonds. The number of benzene rings is 8. The second-order valence-electron chi connectivity index (χ2n) is 15.6. The van der Waals surface area contributed by atoms with E-state index in [9.17, 15) is 26.3 Å². The first-order chi connectivity index (χ1) is 31.0. The van der Waals surface area contributed by atoms with Crippen molar-refractivity contribution < 1.29 is 26.3 Å². The highest BCUT2D eigenvalue weighted by Crippen LogP contribution is 2.42. The van der Waals surface area contributed by atoms with Crippen molar-refractivity contribution in [2.24, 2.45) is 0 Å². The van der Waals surface area contributed by atoms with Gasteiger partial charge in [-0.25, -0.2) is 9.97 Å². The normalized spacial score (nSPS) is 12.2. The molecule has 64 heavy (non-hydrogen) atoms. The van der Waals surface area contributed by atoms with Crippen LogP contribution in [0, 0.1) is 0 Å². The summed E-state index contributed by atoms with van der Waals surface area (Å²) in [4.78, 5) is 10.2. The molecule has 310 valence electrons. The van der Waals surface area contributed by atoms with Crippen molar-refractivity contribution in [2.45, 2.75) is 12.4 Å². The lowest BCUT2D eigenvalue weighted by Gasteiger charge is -2.18. The molecule has 0 aliphatic heterocycles. The quantitative estimate of drug-likeness (QED) is 0.156.